The Morgan fingerprint density at radius 2 is 1.69 bits per heavy atom. The lowest BCUT2D eigenvalue weighted by Gasteiger charge is -2.32. The Kier molecular flexibility index (Phi) is 6.83. The fourth-order valence-electron chi connectivity index (χ4n) is 2.91. The highest BCUT2D eigenvalue weighted by molar-refractivity contribution is 5.93. The third-order valence-electron chi connectivity index (χ3n) is 4.84. The Labute approximate surface area is 191 Å². The summed E-state index contributed by atoms with van der Waals surface area (Å²) in [5, 5.41) is 14.8. The van der Waals surface area contributed by atoms with Crippen molar-refractivity contribution >= 4 is 11.6 Å². The summed E-state index contributed by atoms with van der Waals surface area (Å²) >= 11 is 0. The molecule has 0 aliphatic heterocycles. The topological polar surface area (TPSA) is 92.9 Å². The molecule has 2 N–H and O–H groups in total. The fraction of sp³-hybridized carbons (Fsp3) is 0.300. The predicted octanol–water partition coefficient (Wildman–Crippen LogP) is 4.14. The molecule has 1 aromatic carbocycles. The molecule has 0 unspecified atom stereocenters. The molecule has 0 amide bonds. The SMILES string of the molecule is CC(=O)c1cc(-c2ncc(F)c(NCC(O)(C(F)(F)F)C(F)(F)F)n2)nn1Cc1ccccc1F. The Bertz CT molecular complexity index is 1220. The van der Waals surface area contributed by atoms with Gasteiger partial charge in [-0.25, -0.2) is 18.7 Å². The Hall–Kier alpha value is -3.62. The van der Waals surface area contributed by atoms with Crippen LogP contribution < -0.4 is 5.32 Å². The van der Waals surface area contributed by atoms with E-state index in [0.717, 1.165) is 10.7 Å². The van der Waals surface area contributed by atoms with Crippen molar-refractivity contribution in [2.24, 2.45) is 0 Å². The zero-order valence-corrected chi connectivity index (χ0v) is 17.5. The van der Waals surface area contributed by atoms with Gasteiger partial charge in [-0.15, -0.1) is 0 Å². The van der Waals surface area contributed by atoms with Gasteiger partial charge in [0.15, 0.2) is 23.2 Å². The molecule has 0 aliphatic carbocycles. The third-order valence-corrected chi connectivity index (χ3v) is 4.84. The molecule has 0 fully saturated rings. The lowest BCUT2D eigenvalue weighted by atomic mass is 10.0. The first kappa shape index (κ1) is 26.0. The van der Waals surface area contributed by atoms with Crippen molar-refractivity contribution in [2.75, 3.05) is 11.9 Å². The van der Waals surface area contributed by atoms with Gasteiger partial charge in [0.05, 0.1) is 19.3 Å². The number of hydrogen-bond donors (Lipinski definition) is 2. The molecular weight excluding hydrogens is 494 g/mol. The minimum Gasteiger partial charge on any atom is -0.372 e. The molecule has 7 nitrogen and oxygen atoms in total. The molecule has 0 atom stereocenters. The molecule has 0 saturated heterocycles. The van der Waals surface area contributed by atoms with Crippen molar-refractivity contribution < 1.29 is 45.0 Å². The zero-order valence-electron chi connectivity index (χ0n) is 17.5. The first-order valence-electron chi connectivity index (χ1n) is 9.59. The van der Waals surface area contributed by atoms with Crippen LogP contribution in [0.25, 0.3) is 11.5 Å². The summed E-state index contributed by atoms with van der Waals surface area (Å²) in [5.41, 5.74) is -5.28. The number of aliphatic hydroxyl groups is 1. The molecule has 0 radical (unpaired) electrons. The summed E-state index contributed by atoms with van der Waals surface area (Å²) < 4.78 is 106. The zero-order chi connectivity index (χ0) is 26.2. The first-order valence-corrected chi connectivity index (χ1v) is 9.59. The third kappa shape index (κ3) is 5.23. The highest BCUT2D eigenvalue weighted by Crippen LogP contribution is 2.43. The average Bonchev–Trinajstić information content (AvgIpc) is 3.17. The second-order valence-corrected chi connectivity index (χ2v) is 7.32. The lowest BCUT2D eigenvalue weighted by Crippen LogP contribution is -2.61. The van der Waals surface area contributed by atoms with E-state index in [9.17, 15) is 45.0 Å². The van der Waals surface area contributed by atoms with Gasteiger partial charge in [-0.2, -0.15) is 31.4 Å². The molecular formula is C20H15F8N5O2. The largest absolute Gasteiger partial charge is 0.428 e. The van der Waals surface area contributed by atoms with Crippen LogP contribution in [-0.4, -0.2) is 55.1 Å². The Morgan fingerprint density at radius 1 is 1.06 bits per heavy atom. The van der Waals surface area contributed by atoms with Crippen molar-refractivity contribution in [1.29, 1.82) is 0 Å². The van der Waals surface area contributed by atoms with E-state index in [2.05, 4.69) is 15.1 Å². The van der Waals surface area contributed by atoms with Crippen molar-refractivity contribution in [3.8, 4) is 11.5 Å². The van der Waals surface area contributed by atoms with Gasteiger partial charge in [0.2, 0.25) is 0 Å². The van der Waals surface area contributed by atoms with E-state index in [1.807, 2.05) is 0 Å². The standard InChI is InChI=1S/C20H15F8N5O2/c1-10(34)15-6-14(32-33(15)8-11-4-2-3-5-12(11)21)17-29-7-13(22)16(31-17)30-9-18(35,19(23,24)25)20(26,27)28/h2-7,35H,8-9H2,1H3,(H,29,30,31). The van der Waals surface area contributed by atoms with Crippen LogP contribution >= 0.6 is 0 Å². The van der Waals surface area contributed by atoms with E-state index < -0.39 is 53.6 Å². The van der Waals surface area contributed by atoms with Gasteiger partial charge in [0, 0.05) is 12.5 Å². The first-order chi connectivity index (χ1) is 16.1. The highest BCUT2D eigenvalue weighted by Gasteiger charge is 2.70. The summed E-state index contributed by atoms with van der Waals surface area (Å²) in [4.78, 5) is 19.1. The molecule has 2 heterocycles. The molecule has 0 saturated carbocycles. The van der Waals surface area contributed by atoms with Gasteiger partial charge < -0.3 is 10.4 Å². The number of rotatable bonds is 7. The van der Waals surface area contributed by atoms with Crippen molar-refractivity contribution in [2.45, 2.75) is 31.4 Å². The molecule has 0 aliphatic rings. The smallest absolute Gasteiger partial charge is 0.372 e. The van der Waals surface area contributed by atoms with E-state index in [1.165, 1.54) is 30.4 Å². The van der Waals surface area contributed by atoms with Crippen LogP contribution in [0.4, 0.5) is 40.9 Å². The molecule has 3 aromatic rings. The number of anilines is 1. The number of halogens is 8. The Balaban J connectivity index is 1.95. The van der Waals surface area contributed by atoms with Crippen LogP contribution in [0.1, 0.15) is 23.0 Å². The second kappa shape index (κ2) is 9.20. The molecule has 3 rings (SSSR count). The maximum atomic E-state index is 14.0. The van der Waals surface area contributed by atoms with E-state index in [0.29, 0.717) is 6.20 Å². The summed E-state index contributed by atoms with van der Waals surface area (Å²) in [5.74, 6) is -4.08. The van der Waals surface area contributed by atoms with Crippen LogP contribution in [0.2, 0.25) is 0 Å². The number of carbonyl (C=O) groups is 1. The number of hydrogen-bond acceptors (Lipinski definition) is 6. The van der Waals surface area contributed by atoms with Crippen molar-refractivity contribution in [1.82, 2.24) is 19.7 Å². The molecule has 0 bridgehead atoms. The second-order valence-electron chi connectivity index (χ2n) is 7.32. The molecule has 35 heavy (non-hydrogen) atoms. The molecule has 188 valence electrons. The lowest BCUT2D eigenvalue weighted by molar-refractivity contribution is -0.362. The van der Waals surface area contributed by atoms with E-state index in [-0.39, 0.29) is 23.5 Å². The number of benzene rings is 1. The number of nitrogens with one attached hydrogen (secondary N) is 1. The van der Waals surface area contributed by atoms with Gasteiger partial charge in [0.25, 0.3) is 5.60 Å². The summed E-state index contributed by atoms with van der Waals surface area (Å²) in [6.45, 7) is -1.24. The molecule has 0 spiro atoms. The maximum absolute atomic E-state index is 14.0. The minimum atomic E-state index is -6.13. The van der Waals surface area contributed by atoms with Crippen LogP contribution in [0.15, 0.2) is 36.5 Å². The predicted molar refractivity (Wildman–Crippen MR) is 104 cm³/mol. The monoisotopic (exact) mass is 509 g/mol. The Morgan fingerprint density at radius 3 is 2.26 bits per heavy atom. The summed E-state index contributed by atoms with van der Waals surface area (Å²) in [6, 6.07) is 6.73. The van der Waals surface area contributed by atoms with Crippen molar-refractivity contribution in [3.63, 3.8) is 0 Å². The average molecular weight is 509 g/mol. The number of nitrogens with zero attached hydrogens (tertiary/aromatic N) is 4. The number of ketones is 1. The maximum Gasteiger partial charge on any atom is 0.428 e. The number of alkyl halides is 6. The number of carbonyl (C=O) groups excluding carboxylic acids is 1. The van der Waals surface area contributed by atoms with Gasteiger partial charge >= 0.3 is 12.4 Å². The quantitative estimate of drug-likeness (QED) is 0.368. The van der Waals surface area contributed by atoms with Gasteiger partial charge in [-0.1, -0.05) is 18.2 Å². The van der Waals surface area contributed by atoms with E-state index in [4.69, 9.17) is 0 Å². The van der Waals surface area contributed by atoms with E-state index >= 15 is 0 Å². The fourth-order valence-corrected chi connectivity index (χ4v) is 2.91. The van der Waals surface area contributed by atoms with E-state index in [1.54, 1.807) is 6.07 Å². The molecule has 2 aromatic heterocycles. The van der Waals surface area contributed by atoms with Crippen molar-refractivity contribution in [3.05, 3.63) is 59.4 Å². The number of aromatic nitrogens is 4. The van der Waals surface area contributed by atoms with Gasteiger partial charge in [0.1, 0.15) is 17.2 Å². The highest BCUT2D eigenvalue weighted by atomic mass is 19.4. The van der Waals surface area contributed by atoms with Gasteiger partial charge in [-0.05, 0) is 12.1 Å². The number of Topliss-reactive ketones (excluding diaryl/α,β-unsaturated/α-hetero) is 1. The van der Waals surface area contributed by atoms with Crippen LogP contribution in [-0.2, 0) is 6.54 Å². The van der Waals surface area contributed by atoms with Crippen LogP contribution in [0.3, 0.4) is 0 Å². The summed E-state index contributed by atoms with van der Waals surface area (Å²) in [6.07, 6.45) is -11.8. The molecule has 15 heteroatoms. The minimum absolute atomic E-state index is 0.0470. The van der Waals surface area contributed by atoms with Crippen LogP contribution in [0.5, 0.6) is 0 Å². The summed E-state index contributed by atoms with van der Waals surface area (Å²) in [7, 11) is 0. The van der Waals surface area contributed by atoms with Crippen LogP contribution in [0, 0.1) is 11.6 Å². The van der Waals surface area contributed by atoms with Gasteiger partial charge in [-0.3, -0.25) is 9.48 Å². The normalized spacial score (nSPS) is 12.6.